The fourth-order valence-corrected chi connectivity index (χ4v) is 16.1. The molecule has 0 bridgehead atoms. The first-order valence-electron chi connectivity index (χ1n) is 34.5. The van der Waals surface area contributed by atoms with Gasteiger partial charge in [-0.05, 0) is 104 Å². The van der Waals surface area contributed by atoms with E-state index in [1.807, 2.05) is 0 Å². The van der Waals surface area contributed by atoms with Gasteiger partial charge in [-0.2, -0.15) is 299 Å². The van der Waals surface area contributed by atoms with Crippen molar-refractivity contribution < 1.29 is 299 Å². The number of aryl methyl sites for hydroxylation is 4. The third-order valence-electron chi connectivity index (χ3n) is 19.8. The van der Waals surface area contributed by atoms with Gasteiger partial charge in [-0.3, -0.25) is 0 Å². The average molecular weight is 2200 g/mol. The maximum atomic E-state index is 15.1. The molecule has 0 aliphatic rings. The molecular weight excluding hydrogens is 2160 g/mol. The Balaban J connectivity index is 1.97. The lowest BCUT2D eigenvalue weighted by molar-refractivity contribution is -0.461. The van der Waals surface area contributed by atoms with Crippen LogP contribution in [-0.2, 0) is 25.7 Å². The number of hydrogen-bond donors (Lipinski definition) is 0. The quantitative estimate of drug-likeness (QED) is 0.0306. The Morgan fingerprint density at radius 1 is 0.131 bits per heavy atom. The third kappa shape index (κ3) is 19.0. The predicted octanol–water partition coefficient (Wildman–Crippen LogP) is 29.4. The Bertz CT molecular complexity index is 4140. The highest BCUT2D eigenvalue weighted by Crippen LogP contribution is 2.71. The molecule has 0 saturated heterocycles. The van der Waals surface area contributed by atoms with Crippen LogP contribution in [0, 0.1) is 0 Å². The first kappa shape index (κ1) is 122. The average Bonchev–Trinajstić information content (AvgIpc) is 0.705. The van der Waals surface area contributed by atoms with Crippen molar-refractivity contribution in [2.75, 3.05) is 12.3 Å². The smallest absolute Gasteiger partial charge is 0.200 e. The third-order valence-corrected chi connectivity index (χ3v) is 25.0. The molecule has 0 heterocycles. The van der Waals surface area contributed by atoms with Gasteiger partial charge in [0.15, 0.2) is 0 Å². The maximum Gasteiger partial charge on any atom is 0.460 e. The molecule has 0 aliphatic carbocycles. The van der Waals surface area contributed by atoms with Gasteiger partial charge in [-0.15, -0.1) is 0 Å². The monoisotopic (exact) mass is 2200 g/mol. The van der Waals surface area contributed by atoms with Crippen LogP contribution in [0.5, 0.6) is 0 Å². The van der Waals surface area contributed by atoms with Crippen LogP contribution >= 0.6 is 15.8 Å². The molecule has 0 atom stereocenters. The summed E-state index contributed by atoms with van der Waals surface area (Å²) in [5.74, 6) is -241. The van der Waals surface area contributed by atoms with Crippen LogP contribution < -0.4 is 21.2 Å². The van der Waals surface area contributed by atoms with Gasteiger partial charge >= 0.3 is 191 Å². The van der Waals surface area contributed by atoms with Crippen LogP contribution in [0.2, 0.25) is 0 Å². The van der Waals surface area contributed by atoms with Gasteiger partial charge in [0.25, 0.3) is 0 Å². The van der Waals surface area contributed by atoms with Crippen LogP contribution in [0.3, 0.4) is 0 Å². The zero-order valence-electron chi connectivity index (χ0n) is 63.6. The number of benzene rings is 4. The van der Waals surface area contributed by atoms with Crippen LogP contribution in [0.25, 0.3) is 0 Å². The second-order valence-electron chi connectivity index (χ2n) is 28.9. The van der Waals surface area contributed by atoms with Crippen molar-refractivity contribution in [1.82, 2.24) is 0 Å². The summed E-state index contributed by atoms with van der Waals surface area (Å²) in [4.78, 5) is 0. The molecule has 137 heavy (non-hydrogen) atoms. The van der Waals surface area contributed by atoms with Gasteiger partial charge < -0.3 is 0 Å². The van der Waals surface area contributed by atoms with E-state index in [1.54, 1.807) is 0 Å². The summed E-state index contributed by atoms with van der Waals surface area (Å²) in [6.45, 7) is 0. The fourth-order valence-electron chi connectivity index (χ4n) is 11.2. The molecule has 0 aliphatic heterocycles. The molecule has 70 heteroatoms. The molecule has 4 rings (SSSR count). The maximum absolute atomic E-state index is 15.1. The normalized spacial score (nSPS) is 16.0. The van der Waals surface area contributed by atoms with E-state index in [1.165, 1.54) is 0 Å². The highest BCUT2D eigenvalue weighted by atomic mass is 31.1. The zero-order chi connectivity index (χ0) is 109. The largest absolute Gasteiger partial charge is 0.460 e. The van der Waals surface area contributed by atoms with Crippen molar-refractivity contribution in [3.63, 3.8) is 0 Å². The first-order chi connectivity index (χ1) is 59.7. The summed E-state index contributed by atoms with van der Waals surface area (Å²) in [6.07, 6.45) is -57.2. The molecule has 4 aromatic carbocycles. The van der Waals surface area contributed by atoms with E-state index in [4.69, 9.17) is 0 Å². The van der Waals surface area contributed by atoms with Gasteiger partial charge in [-0.1, -0.05) is 97.1 Å². The van der Waals surface area contributed by atoms with Crippen molar-refractivity contribution >= 4 is 37.1 Å². The van der Waals surface area contributed by atoms with Gasteiger partial charge in [0, 0.05) is 25.7 Å². The summed E-state index contributed by atoms with van der Waals surface area (Å²) >= 11 is 0. The molecule has 0 nitrogen and oxygen atoms in total. The zero-order valence-corrected chi connectivity index (χ0v) is 65.4. The second kappa shape index (κ2) is 36.1. The molecule has 0 aromatic heterocycles. The minimum absolute atomic E-state index is 0.234. The SMILES string of the molecule is FC(F)(F)C(F)(F)C(F)(F)C(F)(F)C(F)(F)C(F)(F)C(F)(F)C(F)(F)CCc1ccc(P(CCCP(c2ccc(CCC(F)(F)C(F)(F)C(F)(F)C(F)(F)C(F)(F)C(F)(F)C(F)(F)C(F)(F)F)cc2)c2ccc(CCC(F)(F)C(F)(F)C(F)(F)C(F)(F)C(F)(F)C(F)(F)C(F)(F)C(F)(F)F)cc2)c2ccc(CCC(F)(F)C(F)(F)C(F)(F)C(F)(F)C(F)(F)C(F)(F)C(F)(F)C(F)(F)F)cc2)cc1. The Labute approximate surface area is 715 Å². The van der Waals surface area contributed by atoms with E-state index >= 15 is 35.1 Å². The predicted molar refractivity (Wildman–Crippen MR) is 329 cm³/mol. The summed E-state index contributed by atoms with van der Waals surface area (Å²) < 4.78 is 954. The molecule has 792 valence electrons. The summed E-state index contributed by atoms with van der Waals surface area (Å²) in [7, 11) is -5.79. The lowest BCUT2D eigenvalue weighted by atomic mass is 9.87. The van der Waals surface area contributed by atoms with Gasteiger partial charge in [0.1, 0.15) is 0 Å². The molecule has 0 saturated carbocycles. The van der Waals surface area contributed by atoms with E-state index in [2.05, 4.69) is 0 Å². The van der Waals surface area contributed by atoms with E-state index < -0.39 is 320 Å². The molecule has 0 unspecified atom stereocenters. The highest BCUT2D eigenvalue weighted by molar-refractivity contribution is 7.74. The molecular formula is C67H38F68P2. The number of hydrogen-bond acceptors (Lipinski definition) is 0. The Morgan fingerprint density at radius 3 is 0.343 bits per heavy atom. The summed E-state index contributed by atoms with van der Waals surface area (Å²) in [5.41, 5.74) is -4.65. The highest BCUT2D eigenvalue weighted by Gasteiger charge is 3.00. The lowest BCUT2D eigenvalue weighted by Gasteiger charge is -2.42. The van der Waals surface area contributed by atoms with Crippen molar-refractivity contribution in [2.45, 2.75) is 248 Å². The van der Waals surface area contributed by atoms with Gasteiger partial charge in [0.2, 0.25) is 0 Å². The van der Waals surface area contributed by atoms with Crippen LogP contribution in [0.1, 0.15) is 54.4 Å². The molecule has 4 aromatic rings. The minimum atomic E-state index is -9.16. The van der Waals surface area contributed by atoms with Gasteiger partial charge in [0.05, 0.1) is 0 Å². The van der Waals surface area contributed by atoms with Crippen molar-refractivity contribution in [1.29, 1.82) is 0 Å². The first-order valence-corrected chi connectivity index (χ1v) is 37.5. The van der Waals surface area contributed by atoms with E-state index in [0.717, 1.165) is 0 Å². The van der Waals surface area contributed by atoms with Gasteiger partial charge in [-0.25, -0.2) is 0 Å². The summed E-state index contributed by atoms with van der Waals surface area (Å²) in [5, 5.41) is -2.51. The van der Waals surface area contributed by atoms with E-state index in [9.17, 15) is 263 Å². The molecule has 0 amide bonds. The molecule has 0 N–H and O–H groups in total. The molecule has 0 spiro atoms. The Hall–Kier alpha value is -7.02. The Kier molecular flexibility index (Phi) is 32.2. The lowest BCUT2D eigenvalue weighted by Crippen LogP contribution is -2.74. The fraction of sp³-hybridized carbons (Fsp3) is 0.642. The van der Waals surface area contributed by atoms with Crippen LogP contribution in [0.4, 0.5) is 299 Å². The van der Waals surface area contributed by atoms with E-state index in [-0.39, 0.29) is 48.5 Å². The standard InChI is InChI=1S/C67H38F68P2/c68-36(69,40(76,77)44(84,85)48(92,93)52(100,101)56(108,109)60(116,117)64(124,125)126)22-18-28-2-10-32(11-3-28)136(33-12-4-29(5-13-33)19-23-37(70,71)41(78,79)45(86,87)49(94,95)53(102,103)57(110,111)61(118,119)65(127,128)129)26-1-27-137(34-14-6-30(7-15-34)20-24-38(72,73)42(80,81)46(88,89)50(96,97)54(104,105)58(112,113)62(120,121)66(130,131)132)35-16-8-31(9-17-35)21-25-39(74,75)43(82,83)47(90,91)51(98,99)55(106,107)59(114,115)63(122,123)67(133,134)135/h2-17H,1,18-27H2. The van der Waals surface area contributed by atoms with Crippen LogP contribution in [-0.4, -0.2) is 203 Å². The summed E-state index contributed by atoms with van der Waals surface area (Å²) in [6, 6.07) is 5.20. The van der Waals surface area contributed by atoms with Crippen molar-refractivity contribution in [3.8, 4) is 0 Å². The topological polar surface area (TPSA) is 0 Å². The molecule has 0 radical (unpaired) electrons. The molecule has 0 fully saturated rings. The number of halogens is 68. The minimum Gasteiger partial charge on any atom is -0.200 e. The number of alkyl halides is 68. The van der Waals surface area contributed by atoms with Crippen molar-refractivity contribution in [2.24, 2.45) is 0 Å². The van der Waals surface area contributed by atoms with E-state index in [0.29, 0.717) is 48.5 Å². The second-order valence-corrected chi connectivity index (χ2v) is 33.6. The number of rotatable bonds is 44. The van der Waals surface area contributed by atoms with Crippen LogP contribution in [0.15, 0.2) is 97.1 Å². The van der Waals surface area contributed by atoms with Crippen molar-refractivity contribution in [3.05, 3.63) is 119 Å². The Morgan fingerprint density at radius 2 is 0.234 bits per heavy atom.